The zero-order valence-electron chi connectivity index (χ0n) is 11.3. The lowest BCUT2D eigenvalue weighted by molar-refractivity contribution is -0.137. The Kier molecular flexibility index (Phi) is 5.06. The van der Waals surface area contributed by atoms with Crippen molar-refractivity contribution in [3.05, 3.63) is 35.4 Å². The van der Waals surface area contributed by atoms with Crippen LogP contribution in [0.3, 0.4) is 0 Å². The molecular weight excluding hydrogens is 264 g/mol. The van der Waals surface area contributed by atoms with E-state index < -0.39 is 17.6 Å². The highest BCUT2D eigenvalue weighted by Crippen LogP contribution is 2.24. The number of hydrogen-bond acceptors (Lipinski definition) is 2. The molecule has 1 unspecified atom stereocenters. The summed E-state index contributed by atoms with van der Waals surface area (Å²) >= 11 is 0. The summed E-state index contributed by atoms with van der Waals surface area (Å²) in [5, 5.41) is 8.77. The largest absolute Gasteiger partial charge is 0.481 e. The minimum Gasteiger partial charge on any atom is -0.481 e. The minimum atomic E-state index is -0.826. The summed E-state index contributed by atoms with van der Waals surface area (Å²) in [6.07, 6.45) is 3.55. The smallest absolute Gasteiger partial charge is 0.303 e. The van der Waals surface area contributed by atoms with Gasteiger partial charge >= 0.3 is 5.97 Å². The van der Waals surface area contributed by atoms with Gasteiger partial charge in [-0.2, -0.15) is 0 Å². The molecule has 0 bridgehead atoms. The van der Waals surface area contributed by atoms with E-state index in [1.54, 1.807) is 0 Å². The molecule has 1 saturated heterocycles. The van der Waals surface area contributed by atoms with Gasteiger partial charge in [0.2, 0.25) is 0 Å². The number of carboxylic acid groups (broad SMARTS) is 1. The van der Waals surface area contributed by atoms with Gasteiger partial charge in [-0.1, -0.05) is 12.5 Å². The van der Waals surface area contributed by atoms with E-state index >= 15 is 0 Å². The number of likely N-dealkylation sites (tertiary alicyclic amines) is 1. The molecule has 110 valence electrons. The second-order valence-corrected chi connectivity index (χ2v) is 5.25. The molecule has 1 aromatic carbocycles. The van der Waals surface area contributed by atoms with Crippen molar-refractivity contribution >= 4 is 5.97 Å². The fraction of sp³-hybridized carbons (Fsp3) is 0.533. The Labute approximate surface area is 117 Å². The van der Waals surface area contributed by atoms with Crippen molar-refractivity contribution in [2.45, 2.75) is 44.7 Å². The van der Waals surface area contributed by atoms with E-state index in [-0.39, 0.29) is 24.6 Å². The molecule has 0 spiro atoms. The van der Waals surface area contributed by atoms with Crippen LogP contribution in [0, 0.1) is 11.6 Å². The lowest BCUT2D eigenvalue weighted by atomic mass is 9.97. The summed E-state index contributed by atoms with van der Waals surface area (Å²) in [7, 11) is 0. The molecule has 1 fully saturated rings. The average molecular weight is 283 g/mol. The summed E-state index contributed by atoms with van der Waals surface area (Å²) in [5.74, 6) is -1.90. The Balaban J connectivity index is 2.06. The van der Waals surface area contributed by atoms with E-state index in [9.17, 15) is 13.6 Å². The number of rotatable bonds is 5. The van der Waals surface area contributed by atoms with Crippen molar-refractivity contribution in [2.75, 3.05) is 6.54 Å². The molecule has 0 radical (unpaired) electrons. The van der Waals surface area contributed by atoms with Crippen LogP contribution < -0.4 is 0 Å². The maximum absolute atomic E-state index is 13.7. The third-order valence-corrected chi connectivity index (χ3v) is 3.86. The monoisotopic (exact) mass is 283 g/mol. The molecule has 1 aromatic rings. The maximum atomic E-state index is 13.7. The Morgan fingerprint density at radius 2 is 2.00 bits per heavy atom. The molecular formula is C15H19F2NO2. The van der Waals surface area contributed by atoms with Crippen LogP contribution in [0.15, 0.2) is 18.2 Å². The van der Waals surface area contributed by atoms with Crippen LogP contribution in [-0.2, 0) is 11.3 Å². The molecule has 0 aliphatic carbocycles. The van der Waals surface area contributed by atoms with Crippen LogP contribution in [0.2, 0.25) is 0 Å². The number of carboxylic acids is 1. The van der Waals surface area contributed by atoms with Crippen molar-refractivity contribution in [2.24, 2.45) is 0 Å². The highest BCUT2D eigenvalue weighted by molar-refractivity contribution is 5.66. The lowest BCUT2D eigenvalue weighted by Gasteiger charge is -2.35. The van der Waals surface area contributed by atoms with Gasteiger partial charge in [0, 0.05) is 24.6 Å². The molecule has 2 rings (SSSR count). The van der Waals surface area contributed by atoms with Gasteiger partial charge in [0.15, 0.2) is 0 Å². The highest BCUT2D eigenvalue weighted by Gasteiger charge is 2.24. The van der Waals surface area contributed by atoms with Crippen LogP contribution in [0.4, 0.5) is 8.78 Å². The summed E-state index contributed by atoms with van der Waals surface area (Å²) in [5.41, 5.74) is 0.0784. The van der Waals surface area contributed by atoms with Crippen LogP contribution in [0.25, 0.3) is 0 Å². The number of aliphatic carboxylic acids is 1. The molecule has 1 aliphatic heterocycles. The van der Waals surface area contributed by atoms with Crippen molar-refractivity contribution in [1.82, 2.24) is 4.90 Å². The zero-order chi connectivity index (χ0) is 14.5. The summed E-state index contributed by atoms with van der Waals surface area (Å²) < 4.78 is 27.4. The first-order valence-electron chi connectivity index (χ1n) is 6.96. The lowest BCUT2D eigenvalue weighted by Crippen LogP contribution is -2.39. The van der Waals surface area contributed by atoms with Gasteiger partial charge < -0.3 is 5.11 Å². The van der Waals surface area contributed by atoms with Gasteiger partial charge in [-0.25, -0.2) is 8.78 Å². The Bertz CT molecular complexity index is 459. The quantitative estimate of drug-likeness (QED) is 0.902. The first kappa shape index (κ1) is 14.9. The van der Waals surface area contributed by atoms with Crippen LogP contribution in [0.1, 0.15) is 37.7 Å². The second-order valence-electron chi connectivity index (χ2n) is 5.25. The summed E-state index contributed by atoms with van der Waals surface area (Å²) in [6, 6.07) is 3.97. The Hall–Kier alpha value is -1.49. The fourth-order valence-corrected chi connectivity index (χ4v) is 2.77. The third-order valence-electron chi connectivity index (χ3n) is 3.86. The molecule has 5 heteroatoms. The van der Waals surface area contributed by atoms with Crippen molar-refractivity contribution in [3.63, 3.8) is 0 Å². The van der Waals surface area contributed by atoms with Gasteiger partial charge in [0.1, 0.15) is 11.6 Å². The number of halogens is 2. The molecule has 20 heavy (non-hydrogen) atoms. The van der Waals surface area contributed by atoms with Gasteiger partial charge in [-0.3, -0.25) is 9.69 Å². The fourth-order valence-electron chi connectivity index (χ4n) is 2.77. The topological polar surface area (TPSA) is 40.5 Å². The SMILES string of the molecule is O=C(O)CCC1CCCCN1Cc1c(F)cccc1F. The molecule has 1 aliphatic rings. The number of benzene rings is 1. The highest BCUT2D eigenvalue weighted by atomic mass is 19.1. The van der Waals surface area contributed by atoms with Crippen LogP contribution >= 0.6 is 0 Å². The number of nitrogens with zero attached hydrogens (tertiary/aromatic N) is 1. The third kappa shape index (κ3) is 3.76. The van der Waals surface area contributed by atoms with Crippen molar-refractivity contribution in [3.8, 4) is 0 Å². The summed E-state index contributed by atoms with van der Waals surface area (Å²) in [6.45, 7) is 0.973. The van der Waals surface area contributed by atoms with Crippen molar-refractivity contribution < 1.29 is 18.7 Å². The van der Waals surface area contributed by atoms with E-state index in [0.717, 1.165) is 25.8 Å². The standard InChI is InChI=1S/C15H19F2NO2/c16-13-5-3-6-14(17)12(13)10-18-9-2-1-4-11(18)7-8-15(19)20/h3,5-6,11H,1-2,4,7-10H2,(H,19,20). The molecule has 1 atom stereocenters. The van der Waals surface area contributed by atoms with Gasteiger partial charge in [-0.05, 0) is 37.9 Å². The van der Waals surface area contributed by atoms with E-state index in [2.05, 4.69) is 0 Å². The minimum absolute atomic E-state index is 0.0784. The molecule has 0 aromatic heterocycles. The Morgan fingerprint density at radius 1 is 1.30 bits per heavy atom. The average Bonchev–Trinajstić information content (AvgIpc) is 2.42. The van der Waals surface area contributed by atoms with Crippen LogP contribution in [-0.4, -0.2) is 28.6 Å². The van der Waals surface area contributed by atoms with E-state index in [1.165, 1.54) is 18.2 Å². The number of piperidine rings is 1. The molecule has 0 saturated carbocycles. The maximum Gasteiger partial charge on any atom is 0.303 e. The predicted octanol–water partition coefficient (Wildman–Crippen LogP) is 3.18. The molecule has 0 amide bonds. The molecule has 3 nitrogen and oxygen atoms in total. The van der Waals surface area contributed by atoms with Gasteiger partial charge in [0.05, 0.1) is 0 Å². The van der Waals surface area contributed by atoms with Gasteiger partial charge in [0.25, 0.3) is 0 Å². The van der Waals surface area contributed by atoms with Gasteiger partial charge in [-0.15, -0.1) is 0 Å². The zero-order valence-corrected chi connectivity index (χ0v) is 11.3. The first-order valence-corrected chi connectivity index (χ1v) is 6.96. The molecule has 1 N–H and O–H groups in total. The van der Waals surface area contributed by atoms with E-state index in [4.69, 9.17) is 5.11 Å². The number of hydrogen-bond donors (Lipinski definition) is 1. The van der Waals surface area contributed by atoms with Crippen molar-refractivity contribution in [1.29, 1.82) is 0 Å². The summed E-state index contributed by atoms with van der Waals surface area (Å²) in [4.78, 5) is 12.7. The first-order chi connectivity index (χ1) is 9.58. The molecule has 1 heterocycles. The van der Waals surface area contributed by atoms with E-state index in [0.29, 0.717) is 6.42 Å². The second kappa shape index (κ2) is 6.79. The Morgan fingerprint density at radius 3 is 2.65 bits per heavy atom. The van der Waals surface area contributed by atoms with Crippen LogP contribution in [0.5, 0.6) is 0 Å². The number of carbonyl (C=O) groups is 1. The predicted molar refractivity (Wildman–Crippen MR) is 71.3 cm³/mol. The normalized spacial score (nSPS) is 20.0. The van der Waals surface area contributed by atoms with E-state index in [1.807, 2.05) is 4.90 Å².